The first kappa shape index (κ1) is 13.0. The Labute approximate surface area is 129 Å². The predicted octanol–water partition coefficient (Wildman–Crippen LogP) is 3.15. The maximum atomic E-state index is 4.60. The van der Waals surface area contributed by atoms with Crippen LogP contribution >= 0.6 is 0 Å². The van der Waals surface area contributed by atoms with Crippen LogP contribution in [0.15, 0.2) is 55.0 Å². The molecule has 5 nitrogen and oxygen atoms in total. The van der Waals surface area contributed by atoms with Crippen molar-refractivity contribution in [3.05, 3.63) is 66.4 Å². The minimum Gasteiger partial charge on any atom is -0.366 e. The maximum Gasteiger partial charge on any atom is 0.133 e. The zero-order valence-electron chi connectivity index (χ0n) is 12.2. The lowest BCUT2D eigenvalue weighted by Crippen LogP contribution is -2.07. The van der Waals surface area contributed by atoms with Gasteiger partial charge in [0.05, 0.1) is 5.69 Å². The van der Waals surface area contributed by atoms with Crippen LogP contribution in [0.2, 0.25) is 0 Å². The van der Waals surface area contributed by atoms with E-state index in [0.29, 0.717) is 12.5 Å². The van der Waals surface area contributed by atoms with E-state index in [-0.39, 0.29) is 0 Å². The molecule has 1 aliphatic rings. The van der Waals surface area contributed by atoms with Crippen LogP contribution in [-0.4, -0.2) is 19.7 Å². The van der Waals surface area contributed by atoms with Crippen molar-refractivity contribution in [2.75, 3.05) is 5.32 Å². The number of benzene rings is 1. The number of hydrogen-bond donors (Lipinski definition) is 1. The molecule has 0 aliphatic heterocycles. The Kier molecular flexibility index (Phi) is 3.31. The molecule has 0 atom stereocenters. The molecule has 0 radical (unpaired) electrons. The molecule has 0 unspecified atom stereocenters. The summed E-state index contributed by atoms with van der Waals surface area (Å²) in [6.45, 7) is 0.706. The van der Waals surface area contributed by atoms with E-state index in [2.05, 4.69) is 32.5 Å². The Morgan fingerprint density at radius 3 is 2.82 bits per heavy atom. The third kappa shape index (κ3) is 2.70. The lowest BCUT2D eigenvalue weighted by Gasteiger charge is -2.11. The number of rotatable bonds is 5. The molecular weight excluding hydrogens is 274 g/mol. The van der Waals surface area contributed by atoms with Gasteiger partial charge in [0.25, 0.3) is 0 Å². The number of nitrogens with zero attached hydrogens (tertiary/aromatic N) is 4. The van der Waals surface area contributed by atoms with Gasteiger partial charge in [-0.3, -0.25) is 0 Å². The summed E-state index contributed by atoms with van der Waals surface area (Å²) in [5.74, 6) is 2.41. The van der Waals surface area contributed by atoms with Gasteiger partial charge in [-0.05, 0) is 36.6 Å². The molecule has 110 valence electrons. The fourth-order valence-corrected chi connectivity index (χ4v) is 2.49. The number of para-hydroxylation sites is 1. The molecule has 5 heteroatoms. The Hall–Kier alpha value is -2.69. The summed E-state index contributed by atoms with van der Waals surface area (Å²) in [6, 6.07) is 12.1. The highest BCUT2D eigenvalue weighted by Crippen LogP contribution is 2.38. The summed E-state index contributed by atoms with van der Waals surface area (Å²) in [5, 5.41) is 7.71. The quantitative estimate of drug-likeness (QED) is 0.784. The summed E-state index contributed by atoms with van der Waals surface area (Å²) in [7, 11) is 0. The van der Waals surface area contributed by atoms with Gasteiger partial charge in [0.1, 0.15) is 11.6 Å². The summed E-state index contributed by atoms with van der Waals surface area (Å²) >= 11 is 0. The Bertz CT molecular complexity index is 762. The van der Waals surface area contributed by atoms with E-state index < -0.39 is 0 Å². The molecule has 0 amide bonds. The molecule has 1 saturated carbocycles. The minimum atomic E-state index is 0.568. The van der Waals surface area contributed by atoms with Gasteiger partial charge in [-0.15, -0.1) is 0 Å². The van der Waals surface area contributed by atoms with Crippen molar-refractivity contribution in [1.29, 1.82) is 0 Å². The molecule has 1 aliphatic carbocycles. The smallest absolute Gasteiger partial charge is 0.133 e. The average molecular weight is 291 g/mol. The topological polar surface area (TPSA) is 55.6 Å². The van der Waals surface area contributed by atoms with E-state index in [1.807, 2.05) is 41.3 Å². The van der Waals surface area contributed by atoms with Crippen molar-refractivity contribution in [3.63, 3.8) is 0 Å². The summed E-state index contributed by atoms with van der Waals surface area (Å²) in [4.78, 5) is 8.95. The molecule has 2 heterocycles. The van der Waals surface area contributed by atoms with Gasteiger partial charge in [0.2, 0.25) is 0 Å². The standard InChI is InChI=1S/C17H17N5/c1-2-5-15(22-11-3-9-20-22)14(4-1)12-19-16-8-10-18-17(21-16)13-6-7-13/h1-5,8-11,13H,6-7,12H2,(H,18,19,21). The normalized spacial score (nSPS) is 14.0. The number of anilines is 1. The molecule has 1 aromatic carbocycles. The Balaban J connectivity index is 1.53. The highest BCUT2D eigenvalue weighted by Gasteiger charge is 2.26. The van der Waals surface area contributed by atoms with Crippen molar-refractivity contribution in [1.82, 2.24) is 19.7 Å². The van der Waals surface area contributed by atoms with Gasteiger partial charge in [0, 0.05) is 31.1 Å². The minimum absolute atomic E-state index is 0.568. The molecule has 4 rings (SSSR count). The Morgan fingerprint density at radius 2 is 2.00 bits per heavy atom. The van der Waals surface area contributed by atoms with Crippen LogP contribution in [0.3, 0.4) is 0 Å². The third-order valence-electron chi connectivity index (χ3n) is 3.82. The second-order valence-electron chi connectivity index (χ2n) is 5.51. The zero-order chi connectivity index (χ0) is 14.8. The molecule has 0 saturated heterocycles. The van der Waals surface area contributed by atoms with Gasteiger partial charge in [-0.25, -0.2) is 14.6 Å². The number of hydrogen-bond acceptors (Lipinski definition) is 4. The van der Waals surface area contributed by atoms with E-state index in [9.17, 15) is 0 Å². The highest BCUT2D eigenvalue weighted by atomic mass is 15.3. The third-order valence-corrected chi connectivity index (χ3v) is 3.82. The molecule has 3 aromatic rings. The first-order chi connectivity index (χ1) is 10.9. The fourth-order valence-electron chi connectivity index (χ4n) is 2.49. The fraction of sp³-hybridized carbons (Fsp3) is 0.235. The second kappa shape index (κ2) is 5.60. The van der Waals surface area contributed by atoms with Crippen LogP contribution in [0.4, 0.5) is 5.82 Å². The van der Waals surface area contributed by atoms with Crippen molar-refractivity contribution in [3.8, 4) is 5.69 Å². The lowest BCUT2D eigenvalue weighted by atomic mass is 10.2. The van der Waals surface area contributed by atoms with E-state index in [1.54, 1.807) is 6.20 Å². The number of nitrogens with one attached hydrogen (secondary N) is 1. The molecular formula is C17H17N5. The van der Waals surface area contributed by atoms with Gasteiger partial charge in [-0.2, -0.15) is 5.10 Å². The average Bonchev–Trinajstić information content (AvgIpc) is 3.29. The van der Waals surface area contributed by atoms with E-state index in [1.165, 1.54) is 18.4 Å². The second-order valence-corrected chi connectivity index (χ2v) is 5.51. The van der Waals surface area contributed by atoms with Crippen LogP contribution in [0.1, 0.15) is 30.1 Å². The van der Waals surface area contributed by atoms with Crippen LogP contribution in [0.5, 0.6) is 0 Å². The van der Waals surface area contributed by atoms with Gasteiger partial charge < -0.3 is 5.32 Å². The molecule has 1 fully saturated rings. The lowest BCUT2D eigenvalue weighted by molar-refractivity contribution is 0.861. The molecule has 0 bridgehead atoms. The van der Waals surface area contributed by atoms with E-state index >= 15 is 0 Å². The summed E-state index contributed by atoms with van der Waals surface area (Å²) in [5.41, 5.74) is 2.26. The Morgan fingerprint density at radius 1 is 1.09 bits per heavy atom. The van der Waals surface area contributed by atoms with Gasteiger partial charge in [-0.1, -0.05) is 18.2 Å². The van der Waals surface area contributed by atoms with Gasteiger partial charge in [0.15, 0.2) is 0 Å². The molecule has 1 N–H and O–H groups in total. The van der Waals surface area contributed by atoms with Crippen molar-refractivity contribution >= 4 is 5.82 Å². The predicted molar refractivity (Wildman–Crippen MR) is 84.9 cm³/mol. The van der Waals surface area contributed by atoms with Crippen LogP contribution in [0, 0.1) is 0 Å². The maximum absolute atomic E-state index is 4.60. The number of aromatic nitrogens is 4. The first-order valence-corrected chi connectivity index (χ1v) is 7.55. The molecule has 22 heavy (non-hydrogen) atoms. The van der Waals surface area contributed by atoms with Crippen LogP contribution in [0.25, 0.3) is 5.69 Å². The van der Waals surface area contributed by atoms with Crippen molar-refractivity contribution in [2.45, 2.75) is 25.3 Å². The van der Waals surface area contributed by atoms with Crippen molar-refractivity contribution < 1.29 is 0 Å². The van der Waals surface area contributed by atoms with Crippen LogP contribution in [-0.2, 0) is 6.54 Å². The monoisotopic (exact) mass is 291 g/mol. The summed E-state index contributed by atoms with van der Waals surface area (Å²) < 4.78 is 1.88. The molecule has 0 spiro atoms. The largest absolute Gasteiger partial charge is 0.366 e. The van der Waals surface area contributed by atoms with Crippen LogP contribution < -0.4 is 5.32 Å². The van der Waals surface area contributed by atoms with E-state index in [0.717, 1.165) is 17.3 Å². The first-order valence-electron chi connectivity index (χ1n) is 7.55. The SMILES string of the molecule is c1ccc(-n2cccn2)c(CNc2ccnc(C3CC3)n2)c1. The summed E-state index contributed by atoms with van der Waals surface area (Å²) in [6.07, 6.45) is 8.00. The molecule has 2 aromatic heterocycles. The van der Waals surface area contributed by atoms with Crippen molar-refractivity contribution in [2.24, 2.45) is 0 Å². The van der Waals surface area contributed by atoms with E-state index in [4.69, 9.17) is 0 Å². The highest BCUT2D eigenvalue weighted by molar-refractivity contribution is 5.43. The van der Waals surface area contributed by atoms with Gasteiger partial charge >= 0.3 is 0 Å². The zero-order valence-corrected chi connectivity index (χ0v) is 12.2.